The molecule has 0 atom stereocenters. The Labute approximate surface area is 190 Å². The monoisotopic (exact) mass is 513 g/mol. The summed E-state index contributed by atoms with van der Waals surface area (Å²) in [5.41, 5.74) is 3.99. The van der Waals surface area contributed by atoms with Crippen molar-refractivity contribution in [3.8, 4) is 0 Å². The predicted molar refractivity (Wildman–Crippen MR) is 128 cm³/mol. The van der Waals surface area contributed by atoms with E-state index >= 15 is 0 Å². The molecule has 0 fully saturated rings. The first kappa shape index (κ1) is 24.9. The van der Waals surface area contributed by atoms with Gasteiger partial charge < -0.3 is 20.5 Å². The molecule has 0 bridgehead atoms. The maximum absolute atomic E-state index is 11.8. The minimum absolute atomic E-state index is 0. The van der Waals surface area contributed by atoms with E-state index in [4.69, 9.17) is 4.52 Å². The molecule has 0 saturated carbocycles. The number of aliphatic imine (C=N–C) groups is 1. The number of halogens is 1. The molecule has 1 aromatic carbocycles. The molecule has 0 aliphatic carbocycles. The van der Waals surface area contributed by atoms with Crippen LogP contribution in [0.5, 0.6) is 0 Å². The number of nitrogens with zero attached hydrogens (tertiary/aromatic N) is 2. The molecule has 0 radical (unpaired) electrons. The van der Waals surface area contributed by atoms with Gasteiger partial charge in [-0.25, -0.2) is 0 Å². The molecule has 0 aliphatic heterocycles. The van der Waals surface area contributed by atoms with Gasteiger partial charge in [0, 0.05) is 43.7 Å². The van der Waals surface area contributed by atoms with Crippen LogP contribution >= 0.6 is 24.0 Å². The molecule has 7 nitrogen and oxygen atoms in total. The van der Waals surface area contributed by atoms with Gasteiger partial charge in [0.1, 0.15) is 5.76 Å². The van der Waals surface area contributed by atoms with Crippen molar-refractivity contribution in [3.05, 3.63) is 46.8 Å². The van der Waals surface area contributed by atoms with Crippen molar-refractivity contribution in [2.24, 2.45) is 10.9 Å². The van der Waals surface area contributed by atoms with Crippen LogP contribution in [0.15, 0.2) is 33.8 Å². The number of amides is 1. The maximum Gasteiger partial charge on any atom is 0.226 e. The normalized spacial score (nSPS) is 11.2. The molecule has 3 N–H and O–H groups in total. The highest BCUT2D eigenvalue weighted by Gasteiger charge is 2.13. The molecule has 0 unspecified atom stereocenters. The standard InChI is InChI=1S/C21H31N5O2.HI/c1-6-18-17(19(7-2)28-26-18)13-24-21(22-5)23-12-15-8-10-16(11-9-15)25-20(27)14(3)4;/h8-11,14H,6-7,12-13H2,1-5H3,(H,25,27)(H2,22,23,24);1H. The summed E-state index contributed by atoms with van der Waals surface area (Å²) in [6.07, 6.45) is 1.65. The van der Waals surface area contributed by atoms with Crippen LogP contribution in [0, 0.1) is 5.92 Å². The van der Waals surface area contributed by atoms with Crippen LogP contribution in [0.3, 0.4) is 0 Å². The summed E-state index contributed by atoms with van der Waals surface area (Å²) in [6, 6.07) is 7.79. The average molecular weight is 513 g/mol. The van der Waals surface area contributed by atoms with Gasteiger partial charge in [-0.05, 0) is 24.1 Å². The van der Waals surface area contributed by atoms with Crippen LogP contribution in [0.25, 0.3) is 0 Å². The van der Waals surface area contributed by atoms with E-state index in [1.165, 1.54) is 0 Å². The molecule has 2 rings (SSSR count). The van der Waals surface area contributed by atoms with Gasteiger partial charge in [0.25, 0.3) is 0 Å². The van der Waals surface area contributed by atoms with E-state index in [1.807, 2.05) is 38.1 Å². The quantitative estimate of drug-likeness (QED) is 0.283. The van der Waals surface area contributed by atoms with Gasteiger partial charge in [-0.2, -0.15) is 0 Å². The number of benzene rings is 1. The zero-order valence-corrected chi connectivity index (χ0v) is 20.2. The highest BCUT2D eigenvalue weighted by molar-refractivity contribution is 14.0. The third-order valence-corrected chi connectivity index (χ3v) is 4.47. The zero-order valence-electron chi connectivity index (χ0n) is 17.8. The van der Waals surface area contributed by atoms with Crippen molar-refractivity contribution >= 4 is 41.5 Å². The molecule has 1 aromatic heterocycles. The van der Waals surface area contributed by atoms with Crippen molar-refractivity contribution in [1.29, 1.82) is 0 Å². The minimum Gasteiger partial charge on any atom is -0.361 e. The molecule has 0 aliphatic rings. The van der Waals surface area contributed by atoms with E-state index in [1.54, 1.807) is 7.05 Å². The fourth-order valence-electron chi connectivity index (χ4n) is 2.71. The van der Waals surface area contributed by atoms with Gasteiger partial charge in [-0.15, -0.1) is 24.0 Å². The highest BCUT2D eigenvalue weighted by Crippen LogP contribution is 2.15. The summed E-state index contributed by atoms with van der Waals surface area (Å²) < 4.78 is 5.40. The lowest BCUT2D eigenvalue weighted by Crippen LogP contribution is -2.36. The van der Waals surface area contributed by atoms with Gasteiger partial charge >= 0.3 is 0 Å². The Bertz CT molecular complexity index is 778. The molecule has 2 aromatic rings. The Kier molecular flexibility index (Phi) is 10.7. The van der Waals surface area contributed by atoms with Crippen LogP contribution < -0.4 is 16.0 Å². The van der Waals surface area contributed by atoms with Crippen molar-refractivity contribution in [2.45, 2.75) is 53.6 Å². The number of aryl methyl sites for hydroxylation is 2. The lowest BCUT2D eigenvalue weighted by Gasteiger charge is -2.13. The Morgan fingerprint density at radius 2 is 1.76 bits per heavy atom. The molecule has 1 heterocycles. The Balaban J connectivity index is 0.00000420. The van der Waals surface area contributed by atoms with Crippen LogP contribution in [0.1, 0.15) is 50.3 Å². The first-order valence-electron chi connectivity index (χ1n) is 9.79. The SMILES string of the molecule is CCc1noc(CC)c1CNC(=NC)NCc1ccc(NC(=O)C(C)C)cc1.I. The van der Waals surface area contributed by atoms with Gasteiger partial charge in [-0.3, -0.25) is 9.79 Å². The van der Waals surface area contributed by atoms with Gasteiger partial charge in [0.15, 0.2) is 5.96 Å². The van der Waals surface area contributed by atoms with Gasteiger partial charge in [-0.1, -0.05) is 45.0 Å². The number of hydrogen-bond donors (Lipinski definition) is 3. The lowest BCUT2D eigenvalue weighted by atomic mass is 10.1. The Hall–Kier alpha value is -2.10. The van der Waals surface area contributed by atoms with Gasteiger partial charge in [0.05, 0.1) is 5.69 Å². The second-order valence-corrected chi connectivity index (χ2v) is 6.86. The van der Waals surface area contributed by atoms with E-state index in [9.17, 15) is 4.79 Å². The number of hydrogen-bond acceptors (Lipinski definition) is 4. The summed E-state index contributed by atoms with van der Waals surface area (Å²) in [4.78, 5) is 16.0. The third-order valence-electron chi connectivity index (χ3n) is 4.47. The van der Waals surface area contributed by atoms with Crippen molar-refractivity contribution in [2.75, 3.05) is 12.4 Å². The molecule has 0 spiro atoms. The number of carbonyl (C=O) groups excluding carboxylic acids is 1. The number of guanidine groups is 1. The van der Waals surface area contributed by atoms with Crippen LogP contribution in [-0.2, 0) is 30.7 Å². The summed E-state index contributed by atoms with van der Waals surface area (Å²) in [5.74, 6) is 1.60. The number of anilines is 1. The molecule has 29 heavy (non-hydrogen) atoms. The Morgan fingerprint density at radius 1 is 1.10 bits per heavy atom. The van der Waals surface area contributed by atoms with E-state index in [2.05, 4.69) is 39.9 Å². The van der Waals surface area contributed by atoms with Crippen LogP contribution in [0.2, 0.25) is 0 Å². The first-order chi connectivity index (χ1) is 13.5. The minimum atomic E-state index is -0.0392. The lowest BCUT2D eigenvalue weighted by molar-refractivity contribution is -0.118. The Morgan fingerprint density at radius 3 is 2.31 bits per heavy atom. The smallest absolute Gasteiger partial charge is 0.226 e. The fourth-order valence-corrected chi connectivity index (χ4v) is 2.71. The van der Waals surface area contributed by atoms with Crippen LogP contribution in [0.4, 0.5) is 5.69 Å². The molecule has 0 saturated heterocycles. The van der Waals surface area contributed by atoms with E-state index < -0.39 is 0 Å². The third kappa shape index (κ3) is 7.34. The van der Waals surface area contributed by atoms with E-state index in [0.717, 1.165) is 41.1 Å². The molecular formula is C21H32IN5O2. The first-order valence-corrected chi connectivity index (χ1v) is 9.79. The molecule has 160 valence electrons. The molecule has 8 heteroatoms. The summed E-state index contributed by atoms with van der Waals surface area (Å²) >= 11 is 0. The molecule has 1 amide bonds. The number of carbonyl (C=O) groups is 1. The summed E-state index contributed by atoms with van der Waals surface area (Å²) in [7, 11) is 1.75. The van der Waals surface area contributed by atoms with E-state index in [-0.39, 0.29) is 35.8 Å². The maximum atomic E-state index is 11.8. The highest BCUT2D eigenvalue weighted by atomic mass is 127. The molecular weight excluding hydrogens is 481 g/mol. The van der Waals surface area contributed by atoms with Gasteiger partial charge in [0.2, 0.25) is 5.91 Å². The second-order valence-electron chi connectivity index (χ2n) is 6.86. The largest absolute Gasteiger partial charge is 0.361 e. The predicted octanol–water partition coefficient (Wildman–Crippen LogP) is 3.88. The topological polar surface area (TPSA) is 91.6 Å². The zero-order chi connectivity index (χ0) is 20.5. The summed E-state index contributed by atoms with van der Waals surface area (Å²) in [5, 5.41) is 13.7. The van der Waals surface area contributed by atoms with Crippen molar-refractivity contribution in [1.82, 2.24) is 15.8 Å². The number of aromatic nitrogens is 1. The van der Waals surface area contributed by atoms with Crippen LogP contribution in [-0.4, -0.2) is 24.1 Å². The number of nitrogens with one attached hydrogen (secondary N) is 3. The average Bonchev–Trinajstić information content (AvgIpc) is 3.11. The van der Waals surface area contributed by atoms with Crippen molar-refractivity contribution in [3.63, 3.8) is 0 Å². The van der Waals surface area contributed by atoms with E-state index in [0.29, 0.717) is 19.0 Å². The number of rotatable bonds is 8. The second kappa shape index (κ2) is 12.5. The fraction of sp³-hybridized carbons (Fsp3) is 0.476. The van der Waals surface area contributed by atoms with Crippen molar-refractivity contribution < 1.29 is 9.32 Å². The summed E-state index contributed by atoms with van der Waals surface area (Å²) in [6.45, 7) is 9.13.